The van der Waals surface area contributed by atoms with Crippen LogP contribution in [0.5, 0.6) is 0 Å². The van der Waals surface area contributed by atoms with Crippen LogP contribution in [0.25, 0.3) is 0 Å². The lowest BCUT2D eigenvalue weighted by Gasteiger charge is -2.11. The predicted octanol–water partition coefficient (Wildman–Crippen LogP) is 0.109. The van der Waals surface area contributed by atoms with Gasteiger partial charge in [0.2, 0.25) is 0 Å². The summed E-state index contributed by atoms with van der Waals surface area (Å²) >= 11 is 1.07. The van der Waals surface area contributed by atoms with Crippen LogP contribution in [-0.2, 0) is 9.59 Å². The van der Waals surface area contributed by atoms with Crippen molar-refractivity contribution in [2.24, 2.45) is 0 Å². The van der Waals surface area contributed by atoms with Crippen molar-refractivity contribution in [3.05, 3.63) is 16.1 Å². The third kappa shape index (κ3) is 3.52. The molecule has 0 radical (unpaired) electrons. The summed E-state index contributed by atoms with van der Waals surface area (Å²) in [7, 11) is 0. The summed E-state index contributed by atoms with van der Waals surface area (Å²) in [5.41, 5.74) is 1.93. The number of aliphatic carboxylic acids is 2. The minimum atomic E-state index is -1.44. The molecule has 1 amide bonds. The Labute approximate surface area is 100 Å². The molecule has 92 valence electrons. The van der Waals surface area contributed by atoms with Crippen molar-refractivity contribution < 1.29 is 24.6 Å². The smallest absolute Gasteiger partial charge is 0.326 e. The van der Waals surface area contributed by atoms with E-state index in [1.807, 2.05) is 0 Å². The number of aryl methyl sites for hydroxylation is 1. The lowest BCUT2D eigenvalue weighted by molar-refractivity contribution is -0.145. The van der Waals surface area contributed by atoms with Crippen LogP contribution < -0.4 is 5.32 Å². The van der Waals surface area contributed by atoms with Gasteiger partial charge in [0.25, 0.3) is 5.91 Å². The molecule has 0 aromatic carbocycles. The number of thiazole rings is 1. The van der Waals surface area contributed by atoms with E-state index >= 15 is 0 Å². The molecule has 1 heterocycles. The summed E-state index contributed by atoms with van der Waals surface area (Å²) in [6, 6.07) is -1.44. The van der Waals surface area contributed by atoms with E-state index in [9.17, 15) is 14.4 Å². The molecule has 0 fully saturated rings. The van der Waals surface area contributed by atoms with Crippen molar-refractivity contribution in [1.29, 1.82) is 0 Å². The normalized spacial score (nSPS) is 11.8. The van der Waals surface area contributed by atoms with Crippen molar-refractivity contribution in [1.82, 2.24) is 10.3 Å². The second-order valence-electron chi connectivity index (χ2n) is 3.23. The summed E-state index contributed by atoms with van der Waals surface area (Å²) in [5, 5.41) is 19.4. The maximum absolute atomic E-state index is 11.6. The van der Waals surface area contributed by atoms with Gasteiger partial charge >= 0.3 is 11.9 Å². The Bertz CT molecular complexity index is 456. The number of hydrogen-bond donors (Lipinski definition) is 3. The molecule has 0 aliphatic carbocycles. The molecular weight excluding hydrogens is 248 g/mol. The van der Waals surface area contributed by atoms with Gasteiger partial charge in [0.1, 0.15) is 10.9 Å². The molecule has 1 aromatic rings. The van der Waals surface area contributed by atoms with Crippen LogP contribution in [0.3, 0.4) is 0 Å². The monoisotopic (exact) mass is 258 g/mol. The zero-order chi connectivity index (χ0) is 13.0. The molecule has 1 rings (SSSR count). The van der Waals surface area contributed by atoms with Gasteiger partial charge in [0, 0.05) is 0 Å². The second-order valence-corrected chi connectivity index (χ2v) is 4.08. The minimum absolute atomic E-state index is 0.279. The number of nitrogens with one attached hydrogen (secondary N) is 1. The number of aromatic nitrogens is 1. The average Bonchev–Trinajstić information content (AvgIpc) is 2.62. The molecule has 0 spiro atoms. The van der Waals surface area contributed by atoms with Crippen LogP contribution in [0.4, 0.5) is 0 Å². The Morgan fingerprint density at radius 2 is 2.12 bits per heavy atom. The lowest BCUT2D eigenvalue weighted by Crippen LogP contribution is -2.42. The van der Waals surface area contributed by atoms with Crippen LogP contribution in [0.2, 0.25) is 0 Å². The van der Waals surface area contributed by atoms with Crippen molar-refractivity contribution in [2.75, 3.05) is 0 Å². The van der Waals surface area contributed by atoms with E-state index in [1.165, 1.54) is 5.51 Å². The van der Waals surface area contributed by atoms with Gasteiger partial charge in [-0.2, -0.15) is 0 Å². The molecule has 1 atom stereocenters. The van der Waals surface area contributed by atoms with Crippen molar-refractivity contribution in [3.8, 4) is 0 Å². The first-order valence-corrected chi connectivity index (χ1v) is 5.45. The quantitative estimate of drug-likeness (QED) is 0.690. The second kappa shape index (κ2) is 5.39. The summed E-state index contributed by atoms with van der Waals surface area (Å²) in [4.78, 5) is 36.9. The highest BCUT2D eigenvalue weighted by Crippen LogP contribution is 2.12. The first-order valence-electron chi connectivity index (χ1n) is 4.57. The Morgan fingerprint density at radius 1 is 1.47 bits per heavy atom. The van der Waals surface area contributed by atoms with E-state index in [2.05, 4.69) is 10.3 Å². The predicted molar refractivity (Wildman–Crippen MR) is 58.0 cm³/mol. The summed E-state index contributed by atoms with van der Waals surface area (Å²) in [6.07, 6.45) is -0.668. The molecule has 0 bridgehead atoms. The highest BCUT2D eigenvalue weighted by molar-refractivity contribution is 7.11. The Morgan fingerprint density at radius 3 is 2.53 bits per heavy atom. The maximum atomic E-state index is 11.6. The number of amides is 1. The van der Waals surface area contributed by atoms with Gasteiger partial charge in [-0.1, -0.05) is 0 Å². The molecule has 7 nitrogen and oxygen atoms in total. The van der Waals surface area contributed by atoms with Crippen LogP contribution >= 0.6 is 11.3 Å². The SMILES string of the molecule is Cc1ncsc1C(=O)N[C@@H](CC(=O)O)C(=O)O. The molecule has 8 heteroatoms. The van der Waals surface area contributed by atoms with Crippen molar-refractivity contribution in [3.63, 3.8) is 0 Å². The molecule has 0 unspecified atom stereocenters. The number of carboxylic acids is 2. The molecular formula is C9H10N2O5S. The Hall–Kier alpha value is -1.96. The first-order chi connectivity index (χ1) is 7.91. The molecule has 17 heavy (non-hydrogen) atoms. The fourth-order valence-electron chi connectivity index (χ4n) is 1.12. The van der Waals surface area contributed by atoms with Crippen LogP contribution in [0, 0.1) is 6.92 Å². The van der Waals surface area contributed by atoms with Crippen molar-refractivity contribution >= 4 is 29.2 Å². The standard InChI is InChI=1S/C9H10N2O5S/c1-4-7(17-3-10-4)8(14)11-5(9(15)16)2-6(12)13/h3,5H,2H2,1H3,(H,11,14)(H,12,13)(H,15,16)/t5-/m0/s1. The van der Waals surface area contributed by atoms with Crippen LogP contribution in [0.1, 0.15) is 21.8 Å². The lowest BCUT2D eigenvalue weighted by atomic mass is 10.2. The molecule has 0 saturated heterocycles. The van der Waals surface area contributed by atoms with Gasteiger partial charge in [0.15, 0.2) is 0 Å². The fraction of sp³-hybridized carbons (Fsp3) is 0.333. The minimum Gasteiger partial charge on any atom is -0.481 e. The summed E-state index contributed by atoms with van der Waals surface area (Å²) < 4.78 is 0. The Kier molecular flexibility index (Phi) is 4.16. The zero-order valence-electron chi connectivity index (χ0n) is 8.84. The van der Waals surface area contributed by atoms with Crippen LogP contribution in [0.15, 0.2) is 5.51 Å². The van der Waals surface area contributed by atoms with E-state index in [1.54, 1.807) is 6.92 Å². The summed E-state index contributed by atoms with van der Waals surface area (Å²) in [5.74, 6) is -3.31. The maximum Gasteiger partial charge on any atom is 0.326 e. The summed E-state index contributed by atoms with van der Waals surface area (Å²) in [6.45, 7) is 1.61. The highest BCUT2D eigenvalue weighted by Gasteiger charge is 2.24. The third-order valence-electron chi connectivity index (χ3n) is 1.93. The average molecular weight is 258 g/mol. The van der Waals surface area contributed by atoms with Gasteiger partial charge in [-0.25, -0.2) is 9.78 Å². The number of rotatable bonds is 5. The van der Waals surface area contributed by atoms with E-state index in [0.717, 1.165) is 11.3 Å². The Balaban J connectivity index is 2.74. The largest absolute Gasteiger partial charge is 0.481 e. The first kappa shape index (κ1) is 13.1. The number of carboxylic acid groups (broad SMARTS) is 2. The molecule has 1 aromatic heterocycles. The van der Waals surface area contributed by atoms with Gasteiger partial charge < -0.3 is 15.5 Å². The third-order valence-corrected chi connectivity index (χ3v) is 2.86. The van der Waals surface area contributed by atoms with E-state index in [-0.39, 0.29) is 4.88 Å². The highest BCUT2D eigenvalue weighted by atomic mass is 32.1. The molecule has 0 saturated carbocycles. The van der Waals surface area contributed by atoms with Crippen LogP contribution in [-0.4, -0.2) is 39.1 Å². The topological polar surface area (TPSA) is 117 Å². The van der Waals surface area contributed by atoms with Gasteiger partial charge in [-0.05, 0) is 6.92 Å². The van der Waals surface area contributed by atoms with E-state index in [4.69, 9.17) is 10.2 Å². The molecule has 3 N–H and O–H groups in total. The number of carbonyl (C=O) groups is 3. The van der Waals surface area contributed by atoms with Gasteiger partial charge in [0.05, 0.1) is 17.6 Å². The number of carbonyl (C=O) groups excluding carboxylic acids is 1. The molecule has 0 aliphatic rings. The van der Waals surface area contributed by atoms with Crippen molar-refractivity contribution in [2.45, 2.75) is 19.4 Å². The van der Waals surface area contributed by atoms with E-state index in [0.29, 0.717) is 5.69 Å². The zero-order valence-corrected chi connectivity index (χ0v) is 9.65. The fourth-order valence-corrected chi connectivity index (χ4v) is 1.82. The van der Waals surface area contributed by atoms with Gasteiger partial charge in [-0.15, -0.1) is 11.3 Å². The number of nitrogens with zero attached hydrogens (tertiary/aromatic N) is 1. The van der Waals surface area contributed by atoms with Gasteiger partial charge in [-0.3, -0.25) is 9.59 Å². The van der Waals surface area contributed by atoms with E-state index < -0.39 is 30.3 Å². The number of hydrogen-bond acceptors (Lipinski definition) is 5. The molecule has 0 aliphatic heterocycles.